The Balaban J connectivity index is 1.90. The van der Waals surface area contributed by atoms with Crippen molar-refractivity contribution in [1.29, 1.82) is 0 Å². The van der Waals surface area contributed by atoms with Gasteiger partial charge in [0.1, 0.15) is 5.01 Å². The van der Waals surface area contributed by atoms with Crippen LogP contribution in [0.25, 0.3) is 0 Å². The molecule has 6 heteroatoms. The van der Waals surface area contributed by atoms with E-state index in [1.807, 2.05) is 7.05 Å². The van der Waals surface area contributed by atoms with Crippen LogP contribution in [-0.4, -0.2) is 48.4 Å². The Morgan fingerprint density at radius 2 is 2.35 bits per heavy atom. The maximum atomic E-state index is 5.51. The normalized spacial score (nSPS) is 26.1. The predicted octanol–water partition coefficient (Wildman–Crippen LogP) is 1.44. The van der Waals surface area contributed by atoms with Crippen LogP contribution in [0.15, 0.2) is 0 Å². The summed E-state index contributed by atoms with van der Waals surface area (Å²) in [7, 11) is 3.67. The second-order valence-electron chi connectivity index (χ2n) is 4.53. The maximum Gasteiger partial charge on any atom is 0.205 e. The van der Waals surface area contributed by atoms with Gasteiger partial charge < -0.3 is 10.1 Å². The first kappa shape index (κ1) is 12.7. The van der Waals surface area contributed by atoms with Gasteiger partial charge >= 0.3 is 0 Å². The second kappa shape index (κ2) is 5.75. The van der Waals surface area contributed by atoms with Crippen molar-refractivity contribution >= 4 is 16.5 Å². The van der Waals surface area contributed by atoms with Crippen molar-refractivity contribution in [2.24, 2.45) is 5.92 Å². The molecule has 2 unspecified atom stereocenters. The molecule has 1 fully saturated rings. The Morgan fingerprint density at radius 3 is 3.00 bits per heavy atom. The Morgan fingerprint density at radius 1 is 1.53 bits per heavy atom. The molecule has 0 bridgehead atoms. The number of hydrogen-bond donors (Lipinski definition) is 1. The van der Waals surface area contributed by atoms with Crippen molar-refractivity contribution in [3.63, 3.8) is 0 Å². The first-order valence-corrected chi connectivity index (χ1v) is 6.80. The van der Waals surface area contributed by atoms with Gasteiger partial charge in [0.2, 0.25) is 5.13 Å². The number of anilines is 1. The fourth-order valence-corrected chi connectivity index (χ4v) is 2.89. The minimum atomic E-state index is 0.348. The third-order valence-corrected chi connectivity index (χ3v) is 4.24. The number of aromatic nitrogens is 2. The lowest BCUT2D eigenvalue weighted by atomic mass is 9.96. The van der Waals surface area contributed by atoms with Crippen LogP contribution in [0.4, 0.5) is 5.13 Å². The Labute approximate surface area is 106 Å². The van der Waals surface area contributed by atoms with Crippen molar-refractivity contribution in [3.8, 4) is 0 Å². The number of rotatable bonds is 4. The molecule has 0 saturated carbocycles. The highest BCUT2D eigenvalue weighted by atomic mass is 32.1. The Bertz CT molecular complexity index is 357. The lowest BCUT2D eigenvalue weighted by Gasteiger charge is -2.35. The van der Waals surface area contributed by atoms with E-state index in [1.54, 1.807) is 18.4 Å². The smallest absolute Gasteiger partial charge is 0.205 e. The van der Waals surface area contributed by atoms with Gasteiger partial charge in [-0.25, -0.2) is 0 Å². The van der Waals surface area contributed by atoms with Crippen LogP contribution >= 0.6 is 11.3 Å². The van der Waals surface area contributed by atoms with Crippen LogP contribution in [0.1, 0.15) is 18.4 Å². The summed E-state index contributed by atoms with van der Waals surface area (Å²) in [6, 6.07) is 0. The molecular formula is C11H20N4OS. The van der Waals surface area contributed by atoms with Crippen molar-refractivity contribution in [2.45, 2.75) is 26.0 Å². The summed E-state index contributed by atoms with van der Waals surface area (Å²) in [6.45, 7) is 5.25. The molecule has 0 amide bonds. The highest BCUT2D eigenvalue weighted by molar-refractivity contribution is 7.15. The zero-order valence-corrected chi connectivity index (χ0v) is 11.5. The number of ether oxygens (including phenoxy) is 1. The molecule has 1 N–H and O–H groups in total. The van der Waals surface area contributed by atoms with E-state index in [9.17, 15) is 0 Å². The van der Waals surface area contributed by atoms with Gasteiger partial charge in [-0.3, -0.25) is 4.90 Å². The van der Waals surface area contributed by atoms with Crippen LogP contribution in [-0.2, 0) is 11.3 Å². The summed E-state index contributed by atoms with van der Waals surface area (Å²) in [5.74, 6) is 0.651. The third kappa shape index (κ3) is 3.14. The van der Waals surface area contributed by atoms with E-state index in [0.717, 1.165) is 29.8 Å². The molecule has 2 heterocycles. The van der Waals surface area contributed by atoms with Crippen LogP contribution in [0.5, 0.6) is 0 Å². The number of likely N-dealkylation sites (tertiary alicyclic amines) is 1. The fourth-order valence-electron chi connectivity index (χ4n) is 2.16. The number of nitrogens with zero attached hydrogens (tertiary/aromatic N) is 3. The lowest BCUT2D eigenvalue weighted by Crippen LogP contribution is -2.43. The van der Waals surface area contributed by atoms with Gasteiger partial charge in [0.05, 0.1) is 12.6 Å². The summed E-state index contributed by atoms with van der Waals surface area (Å²) >= 11 is 1.62. The van der Waals surface area contributed by atoms with Gasteiger partial charge in [0, 0.05) is 20.7 Å². The average molecular weight is 256 g/mol. The predicted molar refractivity (Wildman–Crippen MR) is 69.3 cm³/mol. The van der Waals surface area contributed by atoms with E-state index in [4.69, 9.17) is 4.74 Å². The van der Waals surface area contributed by atoms with E-state index in [1.165, 1.54) is 6.42 Å². The average Bonchev–Trinajstić information content (AvgIpc) is 2.79. The van der Waals surface area contributed by atoms with Gasteiger partial charge in [-0.1, -0.05) is 18.3 Å². The number of hydrogen-bond acceptors (Lipinski definition) is 6. The van der Waals surface area contributed by atoms with E-state index < -0.39 is 0 Å². The molecule has 5 nitrogen and oxygen atoms in total. The molecule has 1 aliphatic heterocycles. The summed E-state index contributed by atoms with van der Waals surface area (Å²) in [4.78, 5) is 2.40. The standard InChI is InChI=1S/C11H20N4OS/c1-8-4-5-15(6-9(8)16-3)7-10-13-14-11(12-2)17-10/h8-9H,4-7H2,1-3H3,(H,12,14). The first-order valence-electron chi connectivity index (χ1n) is 5.98. The number of nitrogens with one attached hydrogen (secondary N) is 1. The third-order valence-electron chi connectivity index (χ3n) is 3.32. The van der Waals surface area contributed by atoms with E-state index >= 15 is 0 Å². The van der Waals surface area contributed by atoms with Crippen LogP contribution in [0.3, 0.4) is 0 Å². The molecule has 0 spiro atoms. The molecule has 17 heavy (non-hydrogen) atoms. The molecule has 0 aliphatic carbocycles. The first-order chi connectivity index (χ1) is 8.22. The number of methoxy groups -OCH3 is 1. The quantitative estimate of drug-likeness (QED) is 0.883. The fraction of sp³-hybridized carbons (Fsp3) is 0.818. The molecule has 1 aromatic rings. The number of piperidine rings is 1. The molecule has 0 radical (unpaired) electrons. The van der Waals surface area contributed by atoms with Crippen LogP contribution in [0, 0.1) is 5.92 Å². The van der Waals surface area contributed by atoms with Gasteiger partial charge in [-0.15, -0.1) is 10.2 Å². The molecular weight excluding hydrogens is 236 g/mol. The molecule has 2 rings (SSSR count). The molecule has 96 valence electrons. The molecule has 1 aromatic heterocycles. The van der Waals surface area contributed by atoms with Crippen LogP contribution in [0.2, 0.25) is 0 Å². The summed E-state index contributed by atoms with van der Waals surface area (Å²) in [5.41, 5.74) is 0. The zero-order valence-electron chi connectivity index (χ0n) is 10.6. The molecule has 1 saturated heterocycles. The van der Waals surface area contributed by atoms with E-state index in [2.05, 4.69) is 27.3 Å². The summed E-state index contributed by atoms with van der Waals surface area (Å²) in [6.07, 6.45) is 1.54. The lowest BCUT2D eigenvalue weighted by molar-refractivity contribution is -0.00751. The van der Waals surface area contributed by atoms with E-state index in [0.29, 0.717) is 12.0 Å². The Kier molecular flexibility index (Phi) is 4.31. The summed E-state index contributed by atoms with van der Waals surface area (Å²) < 4.78 is 5.51. The minimum absolute atomic E-state index is 0.348. The molecule has 1 aliphatic rings. The van der Waals surface area contributed by atoms with Gasteiger partial charge in [-0.05, 0) is 18.9 Å². The highest BCUT2D eigenvalue weighted by Crippen LogP contribution is 2.22. The van der Waals surface area contributed by atoms with Gasteiger partial charge in [0.25, 0.3) is 0 Å². The van der Waals surface area contributed by atoms with Crippen molar-refractivity contribution in [1.82, 2.24) is 15.1 Å². The largest absolute Gasteiger partial charge is 0.380 e. The van der Waals surface area contributed by atoms with Crippen molar-refractivity contribution < 1.29 is 4.74 Å². The SMILES string of the molecule is CNc1nnc(CN2CCC(C)C(OC)C2)s1. The molecule has 2 atom stereocenters. The van der Waals surface area contributed by atoms with Crippen LogP contribution < -0.4 is 5.32 Å². The summed E-state index contributed by atoms with van der Waals surface area (Å²) in [5, 5.41) is 13.2. The van der Waals surface area contributed by atoms with Crippen molar-refractivity contribution in [3.05, 3.63) is 5.01 Å². The minimum Gasteiger partial charge on any atom is -0.380 e. The van der Waals surface area contributed by atoms with Crippen molar-refractivity contribution in [2.75, 3.05) is 32.6 Å². The second-order valence-corrected chi connectivity index (χ2v) is 5.59. The van der Waals surface area contributed by atoms with Gasteiger partial charge in [-0.2, -0.15) is 0 Å². The topological polar surface area (TPSA) is 50.3 Å². The van der Waals surface area contributed by atoms with E-state index in [-0.39, 0.29) is 0 Å². The molecule has 0 aromatic carbocycles. The zero-order chi connectivity index (χ0) is 12.3. The monoisotopic (exact) mass is 256 g/mol. The highest BCUT2D eigenvalue weighted by Gasteiger charge is 2.26. The van der Waals surface area contributed by atoms with Gasteiger partial charge in [0.15, 0.2) is 0 Å². The Hall–Kier alpha value is -0.720. The maximum absolute atomic E-state index is 5.51.